The molecular weight excluding hydrogens is 391 g/mol. The Morgan fingerprint density at radius 1 is 1.10 bits per heavy atom. The number of anilines is 1. The van der Waals surface area contributed by atoms with Gasteiger partial charge in [-0.2, -0.15) is 5.10 Å². The van der Waals surface area contributed by atoms with Crippen molar-refractivity contribution in [2.24, 2.45) is 0 Å². The van der Waals surface area contributed by atoms with Gasteiger partial charge < -0.3 is 10.1 Å². The normalized spacial score (nSPS) is 10.8. The number of imidazole rings is 1. The number of aromatic nitrogens is 3. The van der Waals surface area contributed by atoms with Crippen molar-refractivity contribution in [1.82, 2.24) is 14.6 Å². The molecule has 2 aromatic heterocycles. The maximum absolute atomic E-state index is 12.9. The molecule has 0 saturated heterocycles. The zero-order chi connectivity index (χ0) is 20.2. The molecule has 8 heteroatoms. The monoisotopic (exact) mass is 408 g/mol. The molecule has 1 amide bonds. The summed E-state index contributed by atoms with van der Waals surface area (Å²) in [7, 11) is 1.63. The molecule has 0 aliphatic heterocycles. The van der Waals surface area contributed by atoms with Gasteiger partial charge in [0.25, 0.3) is 0 Å². The Labute approximate surface area is 170 Å². The molecule has 4 aromatic rings. The number of carbonyl (C=O) groups is 1. The lowest BCUT2D eigenvalue weighted by atomic mass is 10.2. The SMILES string of the molecule is COc1ccc(-c2cn3nc(SCC(=O)Nc4ccc(F)cc4)ccc3n2)cc1. The molecule has 146 valence electrons. The third-order valence-corrected chi connectivity index (χ3v) is 5.08. The average Bonchev–Trinajstić information content (AvgIpc) is 3.17. The summed E-state index contributed by atoms with van der Waals surface area (Å²) in [6.07, 6.45) is 1.85. The number of hydrogen-bond acceptors (Lipinski definition) is 5. The number of carbonyl (C=O) groups excluding carboxylic acids is 1. The van der Waals surface area contributed by atoms with Crippen molar-refractivity contribution < 1.29 is 13.9 Å². The summed E-state index contributed by atoms with van der Waals surface area (Å²) in [4.78, 5) is 16.7. The number of hydrogen-bond donors (Lipinski definition) is 1. The van der Waals surface area contributed by atoms with Gasteiger partial charge in [-0.3, -0.25) is 4.79 Å². The van der Waals surface area contributed by atoms with Crippen molar-refractivity contribution in [3.05, 3.63) is 72.7 Å². The molecule has 0 bridgehead atoms. The summed E-state index contributed by atoms with van der Waals surface area (Å²) in [5.41, 5.74) is 3.04. The van der Waals surface area contributed by atoms with Crippen LogP contribution in [0.3, 0.4) is 0 Å². The van der Waals surface area contributed by atoms with E-state index in [0.717, 1.165) is 22.7 Å². The summed E-state index contributed by atoms with van der Waals surface area (Å²) in [6, 6.07) is 17.0. The number of nitrogens with zero attached hydrogens (tertiary/aromatic N) is 3. The maximum Gasteiger partial charge on any atom is 0.234 e. The second kappa shape index (κ2) is 8.32. The first-order valence-corrected chi connectivity index (χ1v) is 9.78. The second-order valence-electron chi connectivity index (χ2n) is 6.17. The van der Waals surface area contributed by atoms with Gasteiger partial charge in [-0.25, -0.2) is 13.9 Å². The number of fused-ring (bicyclic) bond motifs is 1. The van der Waals surface area contributed by atoms with E-state index in [1.165, 1.54) is 36.0 Å². The lowest BCUT2D eigenvalue weighted by molar-refractivity contribution is -0.113. The molecule has 1 N–H and O–H groups in total. The lowest BCUT2D eigenvalue weighted by Gasteiger charge is -2.05. The number of nitrogens with one attached hydrogen (secondary N) is 1. The van der Waals surface area contributed by atoms with Crippen LogP contribution in [0.1, 0.15) is 0 Å². The minimum absolute atomic E-state index is 0.187. The van der Waals surface area contributed by atoms with Gasteiger partial charge in [0.2, 0.25) is 5.91 Å². The molecule has 0 unspecified atom stereocenters. The standard InChI is InChI=1S/C21H17FN4O2S/c1-28-17-8-2-14(3-9-17)18-12-26-19(24-18)10-11-21(25-26)29-13-20(27)23-16-6-4-15(22)5-7-16/h2-12H,13H2,1H3,(H,23,27). The van der Waals surface area contributed by atoms with Crippen molar-refractivity contribution in [3.63, 3.8) is 0 Å². The zero-order valence-electron chi connectivity index (χ0n) is 15.5. The van der Waals surface area contributed by atoms with E-state index < -0.39 is 0 Å². The Balaban J connectivity index is 1.43. The number of methoxy groups -OCH3 is 1. The van der Waals surface area contributed by atoms with Crippen LogP contribution in [0.5, 0.6) is 5.75 Å². The largest absolute Gasteiger partial charge is 0.497 e. The van der Waals surface area contributed by atoms with Gasteiger partial charge in [0, 0.05) is 11.3 Å². The van der Waals surface area contributed by atoms with Gasteiger partial charge in [-0.05, 0) is 60.7 Å². The van der Waals surface area contributed by atoms with Crippen molar-refractivity contribution in [2.75, 3.05) is 18.2 Å². The molecule has 0 atom stereocenters. The number of halogens is 1. The molecule has 29 heavy (non-hydrogen) atoms. The Kier molecular flexibility index (Phi) is 5.44. The fraction of sp³-hybridized carbons (Fsp3) is 0.0952. The molecule has 0 fully saturated rings. The number of thioether (sulfide) groups is 1. The summed E-state index contributed by atoms with van der Waals surface area (Å²) >= 11 is 1.31. The van der Waals surface area contributed by atoms with Gasteiger partial charge >= 0.3 is 0 Å². The predicted octanol–water partition coefficient (Wildman–Crippen LogP) is 4.27. The van der Waals surface area contributed by atoms with Gasteiger partial charge in [-0.15, -0.1) is 0 Å². The van der Waals surface area contributed by atoms with E-state index in [4.69, 9.17) is 4.74 Å². The van der Waals surface area contributed by atoms with E-state index in [-0.39, 0.29) is 17.5 Å². The molecular formula is C21H17FN4O2S. The summed E-state index contributed by atoms with van der Waals surface area (Å²) in [6.45, 7) is 0. The van der Waals surface area contributed by atoms with Crippen LogP contribution in [0.4, 0.5) is 10.1 Å². The number of amides is 1. The van der Waals surface area contributed by atoms with Crippen molar-refractivity contribution in [3.8, 4) is 17.0 Å². The maximum atomic E-state index is 12.9. The van der Waals surface area contributed by atoms with Crippen LogP contribution in [0.15, 0.2) is 71.9 Å². The first-order valence-electron chi connectivity index (χ1n) is 8.80. The quantitative estimate of drug-likeness (QED) is 0.483. The molecule has 0 spiro atoms. The van der Waals surface area contributed by atoms with Crippen LogP contribution in [-0.4, -0.2) is 33.4 Å². The van der Waals surface area contributed by atoms with Crippen LogP contribution in [-0.2, 0) is 4.79 Å². The Hall–Kier alpha value is -3.39. The van der Waals surface area contributed by atoms with E-state index in [1.807, 2.05) is 42.6 Å². The zero-order valence-corrected chi connectivity index (χ0v) is 16.3. The second-order valence-corrected chi connectivity index (χ2v) is 7.17. The van der Waals surface area contributed by atoms with E-state index in [9.17, 15) is 9.18 Å². The van der Waals surface area contributed by atoms with Gasteiger partial charge in [0.1, 0.15) is 16.6 Å². The topological polar surface area (TPSA) is 68.5 Å². The van der Waals surface area contributed by atoms with Crippen LogP contribution in [0.25, 0.3) is 16.9 Å². The Bertz CT molecular complexity index is 1140. The van der Waals surface area contributed by atoms with E-state index in [0.29, 0.717) is 10.7 Å². The number of benzene rings is 2. The molecule has 0 aliphatic rings. The van der Waals surface area contributed by atoms with Crippen LogP contribution < -0.4 is 10.1 Å². The highest BCUT2D eigenvalue weighted by Crippen LogP contribution is 2.23. The van der Waals surface area contributed by atoms with Crippen molar-refractivity contribution in [1.29, 1.82) is 0 Å². The number of ether oxygens (including phenoxy) is 1. The molecule has 4 rings (SSSR count). The smallest absolute Gasteiger partial charge is 0.234 e. The highest BCUT2D eigenvalue weighted by molar-refractivity contribution is 7.99. The first kappa shape index (κ1) is 18.9. The van der Waals surface area contributed by atoms with Crippen LogP contribution >= 0.6 is 11.8 Å². The summed E-state index contributed by atoms with van der Waals surface area (Å²) in [5.74, 6) is 0.446. The van der Waals surface area contributed by atoms with Crippen LogP contribution in [0, 0.1) is 5.82 Å². The average molecular weight is 408 g/mol. The molecule has 6 nitrogen and oxygen atoms in total. The number of rotatable bonds is 6. The van der Waals surface area contributed by atoms with E-state index >= 15 is 0 Å². The van der Waals surface area contributed by atoms with Gasteiger partial charge in [0.05, 0.1) is 24.8 Å². The molecule has 0 aliphatic carbocycles. The van der Waals surface area contributed by atoms with E-state index in [1.54, 1.807) is 11.6 Å². The van der Waals surface area contributed by atoms with Gasteiger partial charge in [0.15, 0.2) is 5.65 Å². The molecule has 0 radical (unpaired) electrons. The van der Waals surface area contributed by atoms with Gasteiger partial charge in [-0.1, -0.05) is 11.8 Å². The molecule has 2 heterocycles. The minimum Gasteiger partial charge on any atom is -0.497 e. The first-order chi connectivity index (χ1) is 14.1. The molecule has 2 aromatic carbocycles. The Morgan fingerprint density at radius 3 is 2.59 bits per heavy atom. The summed E-state index contributed by atoms with van der Waals surface area (Å²) < 4.78 is 19.8. The Morgan fingerprint density at radius 2 is 1.86 bits per heavy atom. The highest BCUT2D eigenvalue weighted by Gasteiger charge is 2.09. The summed E-state index contributed by atoms with van der Waals surface area (Å²) in [5, 5.41) is 7.94. The molecule has 0 saturated carbocycles. The predicted molar refractivity (Wildman–Crippen MR) is 111 cm³/mol. The van der Waals surface area contributed by atoms with E-state index in [2.05, 4.69) is 15.4 Å². The third kappa shape index (κ3) is 4.55. The third-order valence-electron chi connectivity index (χ3n) is 4.16. The fourth-order valence-electron chi connectivity index (χ4n) is 2.71. The van der Waals surface area contributed by atoms with Crippen molar-refractivity contribution in [2.45, 2.75) is 5.03 Å². The van der Waals surface area contributed by atoms with Crippen LogP contribution in [0.2, 0.25) is 0 Å². The lowest BCUT2D eigenvalue weighted by Crippen LogP contribution is -2.14. The minimum atomic E-state index is -0.343. The fourth-order valence-corrected chi connectivity index (χ4v) is 3.37. The highest BCUT2D eigenvalue weighted by atomic mass is 32.2. The van der Waals surface area contributed by atoms with Crippen molar-refractivity contribution >= 4 is 29.0 Å².